The molecule has 0 aliphatic heterocycles. The summed E-state index contributed by atoms with van der Waals surface area (Å²) in [6.07, 6.45) is 9.41. The summed E-state index contributed by atoms with van der Waals surface area (Å²) in [5.74, 6) is 1.36. The summed E-state index contributed by atoms with van der Waals surface area (Å²) < 4.78 is 0. The van der Waals surface area contributed by atoms with Crippen molar-refractivity contribution in [2.45, 2.75) is 26.7 Å². The molecule has 0 saturated heterocycles. The van der Waals surface area contributed by atoms with E-state index in [0.717, 1.165) is 12.3 Å². The summed E-state index contributed by atoms with van der Waals surface area (Å²) in [7, 11) is 0. The second kappa shape index (κ2) is 5.16. The highest BCUT2D eigenvalue weighted by atomic mass is 14.2. The zero-order valence-corrected chi connectivity index (χ0v) is 10.2. The van der Waals surface area contributed by atoms with Crippen LogP contribution in [0.5, 0.6) is 0 Å². The van der Waals surface area contributed by atoms with Crippen LogP contribution in [0.4, 0.5) is 0 Å². The van der Waals surface area contributed by atoms with E-state index in [9.17, 15) is 0 Å². The van der Waals surface area contributed by atoms with Gasteiger partial charge in [-0.05, 0) is 30.2 Å². The Hall–Kier alpha value is -1.30. The highest BCUT2D eigenvalue weighted by Gasteiger charge is 2.10. The third-order valence-corrected chi connectivity index (χ3v) is 2.94. The molecule has 16 heavy (non-hydrogen) atoms. The van der Waals surface area contributed by atoms with Crippen LogP contribution in [0.15, 0.2) is 54.1 Å². The van der Waals surface area contributed by atoms with Crippen molar-refractivity contribution in [3.63, 3.8) is 0 Å². The van der Waals surface area contributed by atoms with Crippen molar-refractivity contribution in [3.05, 3.63) is 59.7 Å². The zero-order valence-electron chi connectivity index (χ0n) is 10.2. The lowest BCUT2D eigenvalue weighted by Gasteiger charge is -2.06. The van der Waals surface area contributed by atoms with Crippen molar-refractivity contribution in [3.8, 4) is 0 Å². The molecule has 0 nitrogen and oxygen atoms in total. The number of allylic oxidation sites excluding steroid dienone is 4. The summed E-state index contributed by atoms with van der Waals surface area (Å²) in [6, 6.07) is 10.7. The summed E-state index contributed by atoms with van der Waals surface area (Å²) >= 11 is 0. The highest BCUT2D eigenvalue weighted by Crippen LogP contribution is 2.24. The molecule has 1 atom stereocenters. The van der Waals surface area contributed by atoms with Gasteiger partial charge in [-0.25, -0.2) is 0 Å². The molecular weight excluding hydrogens is 192 g/mol. The molecule has 2 rings (SSSR count). The van der Waals surface area contributed by atoms with Crippen LogP contribution in [0.3, 0.4) is 0 Å². The van der Waals surface area contributed by atoms with Crippen LogP contribution in [-0.4, -0.2) is 0 Å². The molecule has 0 N–H and O–H groups in total. The summed E-state index contributed by atoms with van der Waals surface area (Å²) in [6.45, 7) is 4.55. The van der Waals surface area contributed by atoms with Gasteiger partial charge in [-0.2, -0.15) is 0 Å². The Kier molecular flexibility index (Phi) is 3.61. The smallest absolute Gasteiger partial charge is 0.000403 e. The minimum Gasteiger partial charge on any atom is -0.0770 e. The molecule has 0 heteroatoms. The Morgan fingerprint density at radius 3 is 2.56 bits per heavy atom. The zero-order chi connectivity index (χ0) is 11.4. The van der Waals surface area contributed by atoms with E-state index in [1.54, 1.807) is 0 Å². The van der Waals surface area contributed by atoms with Gasteiger partial charge in [0.05, 0.1) is 0 Å². The predicted octanol–water partition coefficient (Wildman–Crippen LogP) is 4.39. The molecule has 1 aliphatic rings. The van der Waals surface area contributed by atoms with Crippen molar-refractivity contribution in [2.24, 2.45) is 11.8 Å². The van der Waals surface area contributed by atoms with Crippen molar-refractivity contribution < 1.29 is 0 Å². The molecular formula is C16H20. The van der Waals surface area contributed by atoms with Gasteiger partial charge in [-0.15, -0.1) is 0 Å². The second-order valence-electron chi connectivity index (χ2n) is 5.05. The number of hydrogen-bond acceptors (Lipinski definition) is 0. The first-order valence-corrected chi connectivity index (χ1v) is 6.17. The second-order valence-corrected chi connectivity index (χ2v) is 5.05. The maximum Gasteiger partial charge on any atom is -0.000403 e. The van der Waals surface area contributed by atoms with Gasteiger partial charge in [0.1, 0.15) is 0 Å². The van der Waals surface area contributed by atoms with Crippen LogP contribution in [0.1, 0.15) is 25.8 Å². The lowest BCUT2D eigenvalue weighted by Crippen LogP contribution is -1.95. The number of benzene rings is 1. The standard InChI is InChI=1S/C16H20/c1-13(2)10-15-8-9-16(12-15)11-14-6-4-3-5-7-14/h3-9,12-13,16H,10-11H2,1-2H3. The van der Waals surface area contributed by atoms with Crippen molar-refractivity contribution in [1.82, 2.24) is 0 Å². The monoisotopic (exact) mass is 212 g/mol. The molecule has 0 aromatic heterocycles. The number of rotatable bonds is 4. The molecule has 1 aromatic carbocycles. The molecule has 0 saturated carbocycles. The van der Waals surface area contributed by atoms with Gasteiger partial charge in [-0.1, -0.05) is 68.0 Å². The Morgan fingerprint density at radius 2 is 1.88 bits per heavy atom. The van der Waals surface area contributed by atoms with Gasteiger partial charge < -0.3 is 0 Å². The van der Waals surface area contributed by atoms with Crippen LogP contribution in [0, 0.1) is 11.8 Å². The minimum absolute atomic E-state index is 0.608. The molecule has 1 unspecified atom stereocenters. The van der Waals surface area contributed by atoms with Crippen LogP contribution in [0.2, 0.25) is 0 Å². The lowest BCUT2D eigenvalue weighted by atomic mass is 9.99. The fourth-order valence-electron chi connectivity index (χ4n) is 2.25. The van der Waals surface area contributed by atoms with Crippen LogP contribution in [-0.2, 0) is 6.42 Å². The van der Waals surface area contributed by atoms with E-state index in [-0.39, 0.29) is 0 Å². The maximum atomic E-state index is 2.42. The Morgan fingerprint density at radius 1 is 1.12 bits per heavy atom. The molecule has 0 spiro atoms. The first-order chi connectivity index (χ1) is 7.74. The molecule has 0 fully saturated rings. The van der Waals surface area contributed by atoms with E-state index in [1.165, 1.54) is 17.6 Å². The average Bonchev–Trinajstić information content (AvgIpc) is 2.66. The Labute approximate surface area is 98.7 Å². The van der Waals surface area contributed by atoms with Gasteiger partial charge in [-0.3, -0.25) is 0 Å². The molecule has 1 aromatic rings. The van der Waals surface area contributed by atoms with Gasteiger partial charge >= 0.3 is 0 Å². The fraction of sp³-hybridized carbons (Fsp3) is 0.375. The van der Waals surface area contributed by atoms with E-state index in [0.29, 0.717) is 5.92 Å². The van der Waals surface area contributed by atoms with E-state index in [2.05, 4.69) is 62.4 Å². The maximum absolute atomic E-state index is 2.42. The third kappa shape index (κ3) is 3.10. The third-order valence-electron chi connectivity index (χ3n) is 2.94. The van der Waals surface area contributed by atoms with Crippen molar-refractivity contribution >= 4 is 0 Å². The molecule has 0 bridgehead atoms. The highest BCUT2D eigenvalue weighted by molar-refractivity contribution is 5.31. The molecule has 84 valence electrons. The van der Waals surface area contributed by atoms with Crippen LogP contribution in [0.25, 0.3) is 0 Å². The first kappa shape index (κ1) is 11.2. The predicted molar refractivity (Wildman–Crippen MR) is 70.3 cm³/mol. The quantitative estimate of drug-likeness (QED) is 0.694. The molecule has 0 amide bonds. The number of hydrogen-bond donors (Lipinski definition) is 0. The summed E-state index contributed by atoms with van der Waals surface area (Å²) in [5, 5.41) is 0. The summed E-state index contributed by atoms with van der Waals surface area (Å²) in [4.78, 5) is 0. The van der Waals surface area contributed by atoms with Gasteiger partial charge in [0.15, 0.2) is 0 Å². The Balaban J connectivity index is 1.94. The van der Waals surface area contributed by atoms with Crippen LogP contribution >= 0.6 is 0 Å². The topological polar surface area (TPSA) is 0 Å². The molecule has 0 heterocycles. The van der Waals surface area contributed by atoms with Crippen molar-refractivity contribution in [2.75, 3.05) is 0 Å². The van der Waals surface area contributed by atoms with Crippen molar-refractivity contribution in [1.29, 1.82) is 0 Å². The summed E-state index contributed by atoms with van der Waals surface area (Å²) in [5.41, 5.74) is 2.94. The van der Waals surface area contributed by atoms with Gasteiger partial charge in [0.2, 0.25) is 0 Å². The molecule has 1 aliphatic carbocycles. The van der Waals surface area contributed by atoms with E-state index in [1.807, 2.05) is 0 Å². The normalized spacial score (nSPS) is 19.2. The van der Waals surface area contributed by atoms with Gasteiger partial charge in [0.25, 0.3) is 0 Å². The largest absolute Gasteiger partial charge is 0.0770 e. The average molecular weight is 212 g/mol. The minimum atomic E-state index is 0.608. The van der Waals surface area contributed by atoms with E-state index in [4.69, 9.17) is 0 Å². The van der Waals surface area contributed by atoms with E-state index < -0.39 is 0 Å². The SMILES string of the molecule is CC(C)CC1=CC(Cc2ccccc2)C=C1. The Bertz CT molecular complexity index is 382. The fourth-order valence-corrected chi connectivity index (χ4v) is 2.25. The van der Waals surface area contributed by atoms with E-state index >= 15 is 0 Å². The lowest BCUT2D eigenvalue weighted by molar-refractivity contribution is 0.648. The van der Waals surface area contributed by atoms with Crippen LogP contribution < -0.4 is 0 Å². The molecule has 0 radical (unpaired) electrons. The first-order valence-electron chi connectivity index (χ1n) is 6.17. The van der Waals surface area contributed by atoms with Gasteiger partial charge in [0, 0.05) is 0 Å².